The van der Waals surface area contributed by atoms with Crippen LogP contribution in [0.3, 0.4) is 0 Å². The van der Waals surface area contributed by atoms with Gasteiger partial charge in [-0.25, -0.2) is 0 Å². The lowest BCUT2D eigenvalue weighted by molar-refractivity contribution is -0.870. The van der Waals surface area contributed by atoms with Gasteiger partial charge in [-0.05, 0) is 115 Å². The van der Waals surface area contributed by atoms with Crippen LogP contribution in [0.4, 0.5) is 0 Å². The van der Waals surface area contributed by atoms with Gasteiger partial charge in [-0.2, -0.15) is 0 Å². The molecule has 1 amide bonds. The number of phosphoric ester groups is 1. The fourth-order valence-electron chi connectivity index (χ4n) is 9.08. The molecule has 0 aliphatic heterocycles. The number of carbonyl (C=O) groups is 2. The van der Waals surface area contributed by atoms with Gasteiger partial charge >= 0.3 is 5.97 Å². The molecular formula is C71H125N2O7P. The van der Waals surface area contributed by atoms with Gasteiger partial charge in [-0.3, -0.25) is 14.2 Å². The highest BCUT2D eigenvalue weighted by Gasteiger charge is 2.27. The minimum Gasteiger partial charge on any atom is -0.756 e. The zero-order valence-corrected chi connectivity index (χ0v) is 54.1. The van der Waals surface area contributed by atoms with Crippen molar-refractivity contribution < 1.29 is 37.3 Å². The molecule has 0 heterocycles. The summed E-state index contributed by atoms with van der Waals surface area (Å²) in [6, 6.07) is -0.915. The first kappa shape index (κ1) is 77.7. The maximum absolute atomic E-state index is 13.6. The van der Waals surface area contributed by atoms with Crippen LogP contribution < -0.4 is 10.2 Å². The van der Waals surface area contributed by atoms with Gasteiger partial charge in [0.05, 0.1) is 33.8 Å². The Morgan fingerprint density at radius 1 is 0.444 bits per heavy atom. The van der Waals surface area contributed by atoms with Crippen molar-refractivity contribution in [3.8, 4) is 0 Å². The van der Waals surface area contributed by atoms with Gasteiger partial charge < -0.3 is 28.5 Å². The topological polar surface area (TPSA) is 114 Å². The van der Waals surface area contributed by atoms with E-state index in [1.54, 1.807) is 0 Å². The second kappa shape index (κ2) is 59.8. The van der Waals surface area contributed by atoms with E-state index < -0.39 is 26.6 Å². The van der Waals surface area contributed by atoms with Gasteiger partial charge in [0.15, 0.2) is 0 Å². The third kappa shape index (κ3) is 61.1. The lowest BCUT2D eigenvalue weighted by atomic mass is 10.0. The number of carbonyl (C=O) groups excluding carboxylic acids is 2. The number of quaternary nitrogens is 1. The molecule has 81 heavy (non-hydrogen) atoms. The quantitative estimate of drug-likeness (QED) is 0.0212. The molecule has 0 aliphatic carbocycles. The van der Waals surface area contributed by atoms with Gasteiger partial charge in [-0.1, -0.05) is 259 Å². The molecule has 3 unspecified atom stereocenters. The molecule has 0 spiro atoms. The molecule has 0 aromatic rings. The van der Waals surface area contributed by atoms with Gasteiger partial charge in [-0.15, -0.1) is 0 Å². The highest BCUT2D eigenvalue weighted by Crippen LogP contribution is 2.38. The molecule has 0 rings (SSSR count). The summed E-state index contributed by atoms with van der Waals surface area (Å²) < 4.78 is 30.4. The molecule has 0 aromatic carbocycles. The van der Waals surface area contributed by atoms with Crippen molar-refractivity contribution in [3.05, 3.63) is 109 Å². The molecule has 10 heteroatoms. The van der Waals surface area contributed by atoms with Crippen LogP contribution in [0, 0.1) is 0 Å². The molecule has 0 radical (unpaired) electrons. The number of ether oxygens (including phenoxy) is 1. The Morgan fingerprint density at radius 2 is 0.790 bits per heavy atom. The molecule has 0 aromatic heterocycles. The maximum Gasteiger partial charge on any atom is 0.306 e. The van der Waals surface area contributed by atoms with Crippen LogP contribution >= 0.6 is 7.82 Å². The number of nitrogens with one attached hydrogen (secondary N) is 1. The molecule has 0 saturated carbocycles. The molecule has 1 N–H and O–H groups in total. The summed E-state index contributed by atoms with van der Waals surface area (Å²) in [6.45, 7) is 6.68. The van der Waals surface area contributed by atoms with Crippen molar-refractivity contribution in [2.45, 2.75) is 290 Å². The minimum atomic E-state index is -4.72. The van der Waals surface area contributed by atoms with Gasteiger partial charge in [0.25, 0.3) is 7.82 Å². The van der Waals surface area contributed by atoms with E-state index in [0.29, 0.717) is 23.9 Å². The molecule has 0 bridgehead atoms. The van der Waals surface area contributed by atoms with E-state index in [1.807, 2.05) is 33.3 Å². The van der Waals surface area contributed by atoms with E-state index in [1.165, 1.54) is 135 Å². The van der Waals surface area contributed by atoms with E-state index in [2.05, 4.69) is 123 Å². The van der Waals surface area contributed by atoms with Crippen molar-refractivity contribution in [1.29, 1.82) is 0 Å². The average molecular weight is 1150 g/mol. The number of phosphoric acid groups is 1. The molecule has 0 fully saturated rings. The fraction of sp³-hybridized carbons (Fsp3) is 0.718. The number of rotatable bonds is 59. The Balaban J connectivity index is 5.30. The molecule has 3 atom stereocenters. The Hall–Kier alpha value is -3.33. The number of nitrogens with zero attached hydrogens (tertiary/aromatic N) is 1. The first-order valence-electron chi connectivity index (χ1n) is 33.2. The smallest absolute Gasteiger partial charge is 0.306 e. The standard InChI is InChI=1S/C71H125N2O7P/c1-7-10-13-16-19-22-25-28-30-32-34-36-38-40-42-45-48-51-54-57-60-63-70(74)72-68(67-79-81(76,77)78-66-65-73(4,5)6)69(62-59-56-53-50-47-44-27-24-21-18-15-12-9-3)80-71(75)64-61-58-55-52-49-46-43-41-39-37-35-33-31-29-26-23-20-17-14-11-8-2/h11,14,19-20,22-23,28-31,35,37,41,43,49,52,59,62,68-69H,7-10,12-13,15-18,21,24-27,32-34,36,38-40,42,44-48,50-51,53-58,60-61,63-67H2,1-6H3,(H-,72,74,76,77)/b14-11-,22-19-,23-20-,30-28-,31-29-,37-35-,43-41-,52-49-,62-59+. The monoisotopic (exact) mass is 1150 g/mol. The predicted molar refractivity (Wildman–Crippen MR) is 348 cm³/mol. The number of esters is 1. The van der Waals surface area contributed by atoms with Gasteiger partial charge in [0.1, 0.15) is 19.3 Å². The first-order chi connectivity index (χ1) is 39.4. The van der Waals surface area contributed by atoms with Crippen molar-refractivity contribution >= 4 is 19.7 Å². The van der Waals surface area contributed by atoms with E-state index in [0.717, 1.165) is 103 Å². The average Bonchev–Trinajstić information content (AvgIpc) is 3.44. The lowest BCUT2D eigenvalue weighted by Gasteiger charge is -2.30. The second-order valence-electron chi connectivity index (χ2n) is 23.2. The van der Waals surface area contributed by atoms with E-state index in [9.17, 15) is 19.0 Å². The summed E-state index contributed by atoms with van der Waals surface area (Å²) >= 11 is 0. The summed E-state index contributed by atoms with van der Waals surface area (Å²) in [4.78, 5) is 40.1. The van der Waals surface area contributed by atoms with E-state index in [4.69, 9.17) is 13.8 Å². The zero-order valence-electron chi connectivity index (χ0n) is 53.2. The molecule has 9 nitrogen and oxygen atoms in total. The zero-order chi connectivity index (χ0) is 59.3. The maximum atomic E-state index is 13.6. The number of hydrogen-bond acceptors (Lipinski definition) is 7. The van der Waals surface area contributed by atoms with Crippen LogP contribution in [0.5, 0.6) is 0 Å². The van der Waals surface area contributed by atoms with Crippen LogP contribution in [-0.2, 0) is 27.9 Å². The summed E-state index contributed by atoms with van der Waals surface area (Å²) in [6.07, 6.45) is 82.0. The van der Waals surface area contributed by atoms with Gasteiger partial charge in [0.2, 0.25) is 5.91 Å². The normalized spacial score (nSPS) is 14.3. The number of allylic oxidation sites excluding steroid dienone is 17. The second-order valence-corrected chi connectivity index (χ2v) is 24.6. The van der Waals surface area contributed by atoms with E-state index in [-0.39, 0.29) is 24.9 Å². The molecule has 0 aliphatic rings. The fourth-order valence-corrected chi connectivity index (χ4v) is 9.81. The van der Waals surface area contributed by atoms with Crippen LogP contribution in [0.25, 0.3) is 0 Å². The highest BCUT2D eigenvalue weighted by molar-refractivity contribution is 7.45. The van der Waals surface area contributed by atoms with Crippen LogP contribution in [0.1, 0.15) is 278 Å². The Labute approximate surface area is 500 Å². The van der Waals surface area contributed by atoms with Gasteiger partial charge in [0, 0.05) is 12.8 Å². The minimum absolute atomic E-state index is 0.0346. The van der Waals surface area contributed by atoms with Crippen LogP contribution in [-0.4, -0.2) is 69.4 Å². The first-order valence-corrected chi connectivity index (χ1v) is 34.7. The van der Waals surface area contributed by atoms with Crippen molar-refractivity contribution in [2.24, 2.45) is 0 Å². The highest BCUT2D eigenvalue weighted by atomic mass is 31.2. The predicted octanol–water partition coefficient (Wildman–Crippen LogP) is 20.3. The molecule has 466 valence electrons. The number of hydrogen-bond donors (Lipinski definition) is 1. The number of likely N-dealkylation sites (N-methyl/N-ethyl adjacent to an activating group) is 1. The summed E-state index contributed by atoms with van der Waals surface area (Å²) in [5, 5.41) is 3.02. The van der Waals surface area contributed by atoms with Crippen molar-refractivity contribution in [2.75, 3.05) is 40.9 Å². The third-order valence-corrected chi connectivity index (χ3v) is 15.2. The summed E-state index contributed by atoms with van der Waals surface area (Å²) in [5.41, 5.74) is 0. The Morgan fingerprint density at radius 3 is 1.22 bits per heavy atom. The Kier molecular flexibility index (Phi) is 57.4. The largest absolute Gasteiger partial charge is 0.756 e. The van der Waals surface area contributed by atoms with E-state index >= 15 is 0 Å². The molecular weight excluding hydrogens is 1020 g/mol. The SMILES string of the molecule is CC/C=C\C/C=C\C/C=C\C/C=C\C/C=C\C/C=C\CCCCC(=O)OC(/C=C/CCCCCCCCCCCCC)C(COP(=O)([O-])OCC[N+](C)(C)C)NC(=O)CCCCCCCCCCCCC/C=C\C/C=C\CCCCC. The summed E-state index contributed by atoms with van der Waals surface area (Å²) in [5.74, 6) is -0.595. The summed E-state index contributed by atoms with van der Waals surface area (Å²) in [7, 11) is 1.15. The number of unbranched alkanes of at least 4 members (excludes halogenated alkanes) is 27. The molecule has 0 saturated heterocycles. The number of amides is 1. The van der Waals surface area contributed by atoms with Crippen LogP contribution in [0.15, 0.2) is 109 Å². The Bertz CT molecular complexity index is 1750. The van der Waals surface area contributed by atoms with Crippen molar-refractivity contribution in [3.63, 3.8) is 0 Å². The van der Waals surface area contributed by atoms with Crippen LogP contribution in [0.2, 0.25) is 0 Å². The van der Waals surface area contributed by atoms with Crippen molar-refractivity contribution in [1.82, 2.24) is 5.32 Å². The third-order valence-electron chi connectivity index (χ3n) is 14.2. The lowest BCUT2D eigenvalue weighted by Crippen LogP contribution is -2.47.